The number of ether oxygens (including phenoxy) is 2. The van der Waals surface area contributed by atoms with Crippen molar-refractivity contribution in [2.24, 2.45) is 23.7 Å². The fraction of sp³-hybridized carbons (Fsp3) is 0.571. The Labute approximate surface area is 112 Å². The maximum Gasteiger partial charge on any atom is 0.318 e. The second-order valence-corrected chi connectivity index (χ2v) is 4.98. The predicted octanol–water partition coefficient (Wildman–Crippen LogP) is 0.874. The van der Waals surface area contributed by atoms with Crippen LogP contribution < -0.4 is 5.32 Å². The van der Waals surface area contributed by atoms with Crippen LogP contribution in [0.1, 0.15) is 6.92 Å². The van der Waals surface area contributed by atoms with Gasteiger partial charge in [0.05, 0.1) is 14.2 Å². The minimum atomic E-state index is -0.709. The Bertz CT molecular complexity index is 441. The molecule has 0 aromatic carbocycles. The monoisotopic (exact) mass is 265 g/mol. The fourth-order valence-electron chi connectivity index (χ4n) is 2.88. The van der Waals surface area contributed by atoms with Gasteiger partial charge in [-0.05, 0) is 24.0 Å². The summed E-state index contributed by atoms with van der Waals surface area (Å²) in [6.45, 7) is 2.57. The summed E-state index contributed by atoms with van der Waals surface area (Å²) in [5.74, 6) is -0.316. The molecule has 1 aliphatic heterocycles. The van der Waals surface area contributed by atoms with Crippen LogP contribution in [0.15, 0.2) is 24.0 Å². The molecular formula is C14H19NO4. The molecule has 0 saturated carbocycles. The first-order chi connectivity index (χ1) is 9.08. The summed E-state index contributed by atoms with van der Waals surface area (Å²) < 4.78 is 9.93. The lowest BCUT2D eigenvalue weighted by atomic mass is 9.75. The number of nitrogens with one attached hydrogen (secondary N) is 1. The molecule has 1 heterocycles. The molecule has 2 rings (SSSR count). The van der Waals surface area contributed by atoms with Gasteiger partial charge >= 0.3 is 5.97 Å². The number of hydrogen-bond acceptors (Lipinski definition) is 4. The molecule has 0 spiro atoms. The SMILES string of the molecule is COC(=O)C1C(=O)NCC1[C@H]1C=CC(OC)=CC1C. The van der Waals surface area contributed by atoms with Crippen molar-refractivity contribution < 1.29 is 19.1 Å². The minimum Gasteiger partial charge on any atom is -0.497 e. The molecule has 5 nitrogen and oxygen atoms in total. The maximum atomic E-state index is 11.8. The molecule has 0 aromatic heterocycles. The Morgan fingerprint density at radius 2 is 2.16 bits per heavy atom. The van der Waals surface area contributed by atoms with Gasteiger partial charge in [-0.15, -0.1) is 0 Å². The second kappa shape index (κ2) is 5.47. The number of carbonyl (C=O) groups excluding carboxylic acids is 2. The highest BCUT2D eigenvalue weighted by molar-refractivity contribution is 5.99. The van der Waals surface area contributed by atoms with E-state index in [1.54, 1.807) is 7.11 Å². The molecule has 1 amide bonds. The quantitative estimate of drug-likeness (QED) is 0.607. The van der Waals surface area contributed by atoms with Crippen molar-refractivity contribution in [3.63, 3.8) is 0 Å². The van der Waals surface area contributed by atoms with Crippen LogP contribution in [0.25, 0.3) is 0 Å². The third-order valence-electron chi connectivity index (χ3n) is 3.92. The molecule has 1 fully saturated rings. The largest absolute Gasteiger partial charge is 0.497 e. The Kier molecular flexibility index (Phi) is 3.93. The summed E-state index contributed by atoms with van der Waals surface area (Å²) >= 11 is 0. The van der Waals surface area contributed by atoms with E-state index in [4.69, 9.17) is 9.47 Å². The van der Waals surface area contributed by atoms with Gasteiger partial charge in [0.25, 0.3) is 0 Å². The van der Waals surface area contributed by atoms with Gasteiger partial charge in [-0.1, -0.05) is 13.0 Å². The van der Waals surface area contributed by atoms with E-state index >= 15 is 0 Å². The van der Waals surface area contributed by atoms with Crippen LogP contribution in [0.4, 0.5) is 0 Å². The molecule has 1 N–H and O–H groups in total. The van der Waals surface area contributed by atoms with Gasteiger partial charge in [0.2, 0.25) is 5.91 Å². The topological polar surface area (TPSA) is 64.6 Å². The van der Waals surface area contributed by atoms with Crippen molar-refractivity contribution in [1.29, 1.82) is 0 Å². The average Bonchev–Trinajstić information content (AvgIpc) is 2.79. The van der Waals surface area contributed by atoms with Crippen molar-refractivity contribution in [3.05, 3.63) is 24.0 Å². The van der Waals surface area contributed by atoms with Gasteiger partial charge in [0.1, 0.15) is 11.7 Å². The van der Waals surface area contributed by atoms with E-state index in [9.17, 15) is 9.59 Å². The predicted molar refractivity (Wildman–Crippen MR) is 68.9 cm³/mol. The number of hydrogen-bond donors (Lipinski definition) is 1. The van der Waals surface area contributed by atoms with E-state index in [-0.39, 0.29) is 23.7 Å². The summed E-state index contributed by atoms with van der Waals surface area (Å²) in [6, 6.07) is 0. The van der Waals surface area contributed by atoms with Crippen LogP contribution in [0.2, 0.25) is 0 Å². The molecule has 4 atom stereocenters. The number of methoxy groups -OCH3 is 2. The first-order valence-corrected chi connectivity index (χ1v) is 6.38. The van der Waals surface area contributed by atoms with Crippen molar-refractivity contribution in [2.45, 2.75) is 6.92 Å². The van der Waals surface area contributed by atoms with Gasteiger partial charge in [-0.25, -0.2) is 0 Å². The Hall–Kier alpha value is -1.78. The molecule has 19 heavy (non-hydrogen) atoms. The molecular weight excluding hydrogens is 246 g/mol. The fourth-order valence-corrected chi connectivity index (χ4v) is 2.88. The van der Waals surface area contributed by atoms with Crippen LogP contribution in [-0.2, 0) is 19.1 Å². The maximum absolute atomic E-state index is 11.8. The zero-order valence-corrected chi connectivity index (χ0v) is 11.4. The highest BCUT2D eigenvalue weighted by atomic mass is 16.5. The van der Waals surface area contributed by atoms with E-state index in [1.807, 2.05) is 18.2 Å². The third-order valence-corrected chi connectivity index (χ3v) is 3.92. The lowest BCUT2D eigenvalue weighted by molar-refractivity contribution is -0.150. The molecule has 104 valence electrons. The third kappa shape index (κ3) is 2.50. The molecule has 0 radical (unpaired) electrons. The first kappa shape index (κ1) is 13.6. The van der Waals surface area contributed by atoms with Gasteiger partial charge in [0.15, 0.2) is 0 Å². The lowest BCUT2D eigenvalue weighted by Crippen LogP contribution is -2.34. The van der Waals surface area contributed by atoms with Gasteiger partial charge < -0.3 is 14.8 Å². The molecule has 1 saturated heterocycles. The van der Waals surface area contributed by atoms with E-state index in [1.165, 1.54) is 7.11 Å². The van der Waals surface area contributed by atoms with Crippen molar-refractivity contribution >= 4 is 11.9 Å². The second-order valence-electron chi connectivity index (χ2n) is 4.98. The number of rotatable bonds is 3. The van der Waals surface area contributed by atoms with Crippen molar-refractivity contribution in [3.8, 4) is 0 Å². The number of carbonyl (C=O) groups is 2. The van der Waals surface area contributed by atoms with E-state index in [0.29, 0.717) is 6.54 Å². The number of amides is 1. The molecule has 0 aromatic rings. The zero-order valence-electron chi connectivity index (χ0n) is 11.4. The van der Waals surface area contributed by atoms with Crippen LogP contribution in [-0.4, -0.2) is 32.6 Å². The lowest BCUT2D eigenvalue weighted by Gasteiger charge is -2.29. The summed E-state index contributed by atoms with van der Waals surface area (Å²) in [4.78, 5) is 23.5. The number of esters is 1. The van der Waals surface area contributed by atoms with Crippen LogP contribution >= 0.6 is 0 Å². The van der Waals surface area contributed by atoms with Crippen molar-refractivity contribution in [1.82, 2.24) is 5.32 Å². The molecule has 1 aliphatic carbocycles. The Morgan fingerprint density at radius 3 is 2.74 bits per heavy atom. The standard InChI is InChI=1S/C14H19NO4/c1-8-6-9(18-2)4-5-10(8)11-7-15-13(16)12(11)14(17)19-3/h4-6,8,10-12H,7H2,1-3H3,(H,15,16)/t8?,10-,11?,12?/m0/s1. The van der Waals surface area contributed by atoms with Gasteiger partial charge in [-0.3, -0.25) is 9.59 Å². The van der Waals surface area contributed by atoms with E-state index < -0.39 is 11.9 Å². The Morgan fingerprint density at radius 1 is 1.42 bits per heavy atom. The van der Waals surface area contributed by atoms with Crippen LogP contribution in [0.3, 0.4) is 0 Å². The van der Waals surface area contributed by atoms with Crippen LogP contribution in [0.5, 0.6) is 0 Å². The first-order valence-electron chi connectivity index (χ1n) is 6.38. The molecule has 2 aliphatic rings. The summed E-state index contributed by atoms with van der Waals surface area (Å²) in [7, 11) is 2.94. The van der Waals surface area contributed by atoms with E-state index in [2.05, 4.69) is 12.2 Å². The van der Waals surface area contributed by atoms with Crippen molar-refractivity contribution in [2.75, 3.05) is 20.8 Å². The summed E-state index contributed by atoms with van der Waals surface area (Å²) in [5, 5.41) is 2.75. The highest BCUT2D eigenvalue weighted by Gasteiger charge is 2.45. The zero-order chi connectivity index (χ0) is 14.0. The van der Waals surface area contributed by atoms with E-state index in [0.717, 1.165) is 5.76 Å². The smallest absolute Gasteiger partial charge is 0.318 e. The molecule has 5 heteroatoms. The van der Waals surface area contributed by atoms with Gasteiger partial charge in [0, 0.05) is 12.5 Å². The average molecular weight is 265 g/mol. The summed E-state index contributed by atoms with van der Waals surface area (Å²) in [5.41, 5.74) is 0. The van der Waals surface area contributed by atoms with Crippen LogP contribution in [0, 0.1) is 23.7 Å². The number of allylic oxidation sites excluding steroid dienone is 3. The molecule has 3 unspecified atom stereocenters. The molecule has 0 bridgehead atoms. The Balaban J connectivity index is 2.18. The normalized spacial score (nSPS) is 33.6. The summed E-state index contributed by atoms with van der Waals surface area (Å²) in [6.07, 6.45) is 5.92. The highest BCUT2D eigenvalue weighted by Crippen LogP contribution is 2.36. The minimum absolute atomic E-state index is 0.0687. The van der Waals surface area contributed by atoms with Gasteiger partial charge in [-0.2, -0.15) is 0 Å².